The molecule has 0 aliphatic heterocycles. The summed E-state index contributed by atoms with van der Waals surface area (Å²) >= 11 is 0. The minimum Gasteiger partial charge on any atom is -0.480 e. The molecule has 0 amide bonds. The summed E-state index contributed by atoms with van der Waals surface area (Å²) in [5, 5.41) is 18.4. The Kier molecular flexibility index (Phi) is 6.15. The van der Waals surface area contributed by atoms with Crippen LogP contribution < -0.4 is 16.0 Å². The smallest absolute Gasteiger partial charge is 0.325 e. The number of carbonyl (C=O) groups is 1. The van der Waals surface area contributed by atoms with Gasteiger partial charge in [0.05, 0.1) is 0 Å². The zero-order chi connectivity index (χ0) is 21.8. The van der Waals surface area contributed by atoms with Gasteiger partial charge in [0.1, 0.15) is 6.04 Å². The predicted molar refractivity (Wildman–Crippen MR) is 119 cm³/mol. The molecule has 156 valence electrons. The van der Waals surface area contributed by atoms with Crippen LogP contribution in [0, 0.1) is 27.7 Å². The van der Waals surface area contributed by atoms with Crippen LogP contribution >= 0.6 is 0 Å². The fourth-order valence-corrected chi connectivity index (χ4v) is 2.96. The van der Waals surface area contributed by atoms with E-state index >= 15 is 0 Å². The largest absolute Gasteiger partial charge is 0.480 e. The zero-order valence-electron chi connectivity index (χ0n) is 17.7. The number of hydrogen-bond donors (Lipinski definition) is 4. The number of nitrogens with one attached hydrogen (secondary N) is 3. The third-order valence-electron chi connectivity index (χ3n) is 4.61. The lowest BCUT2D eigenvalue weighted by atomic mass is 10.1. The van der Waals surface area contributed by atoms with Gasteiger partial charge in [-0.2, -0.15) is 15.0 Å². The van der Waals surface area contributed by atoms with Crippen molar-refractivity contribution in [1.29, 1.82) is 0 Å². The van der Waals surface area contributed by atoms with Crippen LogP contribution in [0.25, 0.3) is 0 Å². The number of nitrogens with zero attached hydrogens (tertiary/aromatic N) is 3. The van der Waals surface area contributed by atoms with Gasteiger partial charge >= 0.3 is 5.97 Å². The summed E-state index contributed by atoms with van der Waals surface area (Å²) in [5.74, 6) is -0.212. The van der Waals surface area contributed by atoms with Gasteiger partial charge < -0.3 is 21.1 Å². The van der Waals surface area contributed by atoms with Gasteiger partial charge in [-0.25, -0.2) is 0 Å². The maximum Gasteiger partial charge on any atom is 0.325 e. The molecule has 0 fully saturated rings. The van der Waals surface area contributed by atoms with E-state index in [2.05, 4.69) is 43.0 Å². The van der Waals surface area contributed by atoms with E-state index in [-0.39, 0.29) is 5.95 Å². The number of hydrogen-bond acceptors (Lipinski definition) is 7. The highest BCUT2D eigenvalue weighted by Gasteiger charge is 2.15. The van der Waals surface area contributed by atoms with Crippen LogP contribution in [-0.2, 0) is 4.79 Å². The predicted octanol–water partition coefficient (Wildman–Crippen LogP) is 4.48. The van der Waals surface area contributed by atoms with Crippen molar-refractivity contribution in [2.75, 3.05) is 16.0 Å². The van der Waals surface area contributed by atoms with Gasteiger partial charge in [-0.15, -0.1) is 0 Å². The molecule has 4 N–H and O–H groups in total. The molecule has 0 aliphatic carbocycles. The molecule has 0 saturated carbocycles. The fraction of sp³-hybridized carbons (Fsp3) is 0.273. The van der Waals surface area contributed by atoms with E-state index in [0.717, 1.165) is 33.6 Å². The Morgan fingerprint density at radius 1 is 0.800 bits per heavy atom. The standard InChI is InChI=1S/C22H26N6O2/c1-12-6-8-17(14(3)10-12)24-21-26-20(23-16(5)19(29)30)27-22(28-21)25-18-9-7-13(2)11-15(18)4/h6-11,16H,1-5H3,(H,29,30)(H3,23,24,25,26,27,28). The molecule has 1 atom stereocenters. The number of aromatic nitrogens is 3. The van der Waals surface area contributed by atoms with Crippen molar-refractivity contribution in [3.8, 4) is 0 Å². The lowest BCUT2D eigenvalue weighted by molar-refractivity contribution is -0.137. The molecule has 3 aromatic rings. The van der Waals surface area contributed by atoms with Gasteiger partial charge in [0, 0.05) is 11.4 Å². The third-order valence-corrected chi connectivity index (χ3v) is 4.61. The first-order chi connectivity index (χ1) is 14.2. The molecule has 8 nitrogen and oxygen atoms in total. The summed E-state index contributed by atoms with van der Waals surface area (Å²) in [7, 11) is 0. The topological polar surface area (TPSA) is 112 Å². The Labute approximate surface area is 175 Å². The summed E-state index contributed by atoms with van der Waals surface area (Å²) in [4.78, 5) is 24.4. The first-order valence-corrected chi connectivity index (χ1v) is 9.65. The molecule has 30 heavy (non-hydrogen) atoms. The third kappa shape index (κ3) is 5.22. The van der Waals surface area contributed by atoms with E-state index in [1.165, 1.54) is 6.92 Å². The van der Waals surface area contributed by atoms with E-state index in [1.54, 1.807) is 0 Å². The Hall–Kier alpha value is -3.68. The lowest BCUT2D eigenvalue weighted by Crippen LogP contribution is -2.27. The van der Waals surface area contributed by atoms with Crippen LogP contribution in [0.5, 0.6) is 0 Å². The summed E-state index contributed by atoms with van der Waals surface area (Å²) in [6, 6.07) is 11.2. The van der Waals surface area contributed by atoms with Crippen LogP contribution in [0.2, 0.25) is 0 Å². The van der Waals surface area contributed by atoms with Crippen molar-refractivity contribution in [2.24, 2.45) is 0 Å². The second kappa shape index (κ2) is 8.77. The number of aryl methyl sites for hydroxylation is 4. The number of anilines is 5. The highest BCUT2D eigenvalue weighted by Crippen LogP contribution is 2.23. The summed E-state index contributed by atoms with van der Waals surface area (Å²) in [5.41, 5.74) is 6.13. The van der Waals surface area contributed by atoms with E-state index in [9.17, 15) is 9.90 Å². The van der Waals surface area contributed by atoms with Crippen LogP contribution in [0.4, 0.5) is 29.2 Å². The highest BCUT2D eigenvalue weighted by atomic mass is 16.4. The molecule has 0 bridgehead atoms. The summed E-state index contributed by atoms with van der Waals surface area (Å²) in [6.07, 6.45) is 0. The molecular weight excluding hydrogens is 380 g/mol. The second-order valence-corrected chi connectivity index (χ2v) is 7.40. The number of carboxylic acids is 1. The van der Waals surface area contributed by atoms with Crippen molar-refractivity contribution in [1.82, 2.24) is 15.0 Å². The molecule has 1 heterocycles. The molecule has 0 saturated heterocycles. The van der Waals surface area contributed by atoms with E-state index in [1.807, 2.05) is 52.0 Å². The van der Waals surface area contributed by atoms with Crippen molar-refractivity contribution in [3.05, 3.63) is 58.7 Å². The molecule has 8 heteroatoms. The Morgan fingerprint density at radius 2 is 1.23 bits per heavy atom. The van der Waals surface area contributed by atoms with Gasteiger partial charge in [-0.1, -0.05) is 35.4 Å². The van der Waals surface area contributed by atoms with Crippen LogP contribution in [0.1, 0.15) is 29.2 Å². The highest BCUT2D eigenvalue weighted by molar-refractivity contribution is 5.76. The average Bonchev–Trinajstić information content (AvgIpc) is 2.66. The van der Waals surface area contributed by atoms with Crippen molar-refractivity contribution < 1.29 is 9.90 Å². The first-order valence-electron chi connectivity index (χ1n) is 9.65. The molecule has 1 unspecified atom stereocenters. The fourth-order valence-electron chi connectivity index (χ4n) is 2.96. The molecule has 1 aromatic heterocycles. The van der Waals surface area contributed by atoms with Crippen LogP contribution in [-0.4, -0.2) is 32.1 Å². The van der Waals surface area contributed by atoms with E-state index < -0.39 is 12.0 Å². The Balaban J connectivity index is 1.96. The first kappa shape index (κ1) is 21.0. The van der Waals surface area contributed by atoms with Gasteiger partial charge in [-0.3, -0.25) is 4.79 Å². The number of carboxylic acid groups (broad SMARTS) is 1. The quantitative estimate of drug-likeness (QED) is 0.454. The number of benzene rings is 2. The minimum atomic E-state index is -0.997. The monoisotopic (exact) mass is 406 g/mol. The molecule has 0 radical (unpaired) electrons. The van der Waals surface area contributed by atoms with E-state index in [4.69, 9.17) is 0 Å². The molecule has 0 spiro atoms. The Bertz CT molecular complexity index is 1010. The molecule has 2 aromatic carbocycles. The van der Waals surface area contributed by atoms with Gasteiger partial charge in [0.25, 0.3) is 0 Å². The van der Waals surface area contributed by atoms with Gasteiger partial charge in [0.15, 0.2) is 0 Å². The van der Waals surface area contributed by atoms with Crippen molar-refractivity contribution in [3.63, 3.8) is 0 Å². The van der Waals surface area contributed by atoms with Crippen LogP contribution in [0.3, 0.4) is 0 Å². The lowest BCUT2D eigenvalue weighted by Gasteiger charge is -2.15. The minimum absolute atomic E-state index is 0.166. The van der Waals surface area contributed by atoms with Gasteiger partial charge in [0.2, 0.25) is 17.8 Å². The Morgan fingerprint density at radius 3 is 1.63 bits per heavy atom. The second-order valence-electron chi connectivity index (χ2n) is 7.40. The normalized spacial score (nSPS) is 11.6. The van der Waals surface area contributed by atoms with Gasteiger partial charge in [-0.05, 0) is 57.9 Å². The summed E-state index contributed by atoms with van der Waals surface area (Å²) in [6.45, 7) is 9.58. The maximum atomic E-state index is 11.2. The van der Waals surface area contributed by atoms with Crippen LogP contribution in [0.15, 0.2) is 36.4 Å². The van der Waals surface area contributed by atoms with Crippen molar-refractivity contribution >= 4 is 35.2 Å². The zero-order valence-corrected chi connectivity index (χ0v) is 17.7. The van der Waals surface area contributed by atoms with Crippen molar-refractivity contribution in [2.45, 2.75) is 40.7 Å². The SMILES string of the molecule is Cc1ccc(Nc2nc(Nc3ccc(C)cc3C)nc(NC(C)C(=O)O)n2)c(C)c1. The maximum absolute atomic E-state index is 11.2. The molecular formula is C22H26N6O2. The summed E-state index contributed by atoms with van der Waals surface area (Å²) < 4.78 is 0. The average molecular weight is 406 g/mol. The van der Waals surface area contributed by atoms with E-state index in [0.29, 0.717) is 11.9 Å². The number of aliphatic carboxylic acids is 1. The molecule has 3 rings (SSSR count). The number of rotatable bonds is 7. The molecule has 0 aliphatic rings.